The Labute approximate surface area is 123 Å². The second-order valence-electron chi connectivity index (χ2n) is 4.62. The number of hydrogen-bond donors (Lipinski definition) is 1. The van der Waals surface area contributed by atoms with Crippen LogP contribution in [0.5, 0.6) is 5.75 Å². The summed E-state index contributed by atoms with van der Waals surface area (Å²) in [5, 5.41) is 0. The molecule has 4 heteroatoms. The van der Waals surface area contributed by atoms with Crippen molar-refractivity contribution in [1.82, 2.24) is 0 Å². The quantitative estimate of drug-likeness (QED) is 0.610. The summed E-state index contributed by atoms with van der Waals surface area (Å²) in [5.41, 5.74) is 0. The monoisotopic (exact) mass is 362 g/mol. The summed E-state index contributed by atoms with van der Waals surface area (Å²) in [6.45, 7) is 6.25. The minimum atomic E-state index is 0.824. The fourth-order valence-corrected chi connectivity index (χ4v) is 2.47. The van der Waals surface area contributed by atoms with Gasteiger partial charge in [0.25, 0.3) is 0 Å². The van der Waals surface area contributed by atoms with Crippen LogP contribution in [0, 0.1) is 3.57 Å². The van der Waals surface area contributed by atoms with Gasteiger partial charge in [-0.05, 0) is 59.7 Å². The predicted molar refractivity (Wildman–Crippen MR) is 80.3 cm³/mol. The van der Waals surface area contributed by atoms with Crippen molar-refractivity contribution in [2.45, 2.75) is 12.8 Å². The number of rotatable bonds is 6. The summed E-state index contributed by atoms with van der Waals surface area (Å²) in [4.78, 5) is 1.68. The molecule has 1 aromatic rings. The maximum atomic E-state index is 5.71. The Kier molecular flexibility index (Phi) is 6.23. The molecule has 2 rings (SSSR count). The lowest BCUT2D eigenvalue weighted by atomic mass is 10.3. The van der Waals surface area contributed by atoms with Gasteiger partial charge in [-0.15, -0.1) is 0 Å². The van der Waals surface area contributed by atoms with E-state index in [1.54, 1.807) is 4.90 Å². The molecule has 18 heavy (non-hydrogen) atoms. The van der Waals surface area contributed by atoms with Crippen molar-refractivity contribution >= 4 is 22.6 Å². The molecule has 0 saturated carbocycles. The van der Waals surface area contributed by atoms with Gasteiger partial charge in [-0.25, -0.2) is 0 Å². The highest BCUT2D eigenvalue weighted by Crippen LogP contribution is 2.13. The molecule has 1 heterocycles. The molecule has 0 radical (unpaired) electrons. The van der Waals surface area contributed by atoms with Crippen molar-refractivity contribution in [2.75, 3.05) is 39.5 Å². The van der Waals surface area contributed by atoms with E-state index in [1.165, 1.54) is 16.5 Å². The van der Waals surface area contributed by atoms with Crippen LogP contribution in [-0.2, 0) is 4.74 Å². The molecular formula is C14H21INO2+. The summed E-state index contributed by atoms with van der Waals surface area (Å²) in [6, 6.07) is 8.23. The minimum absolute atomic E-state index is 0.824. The van der Waals surface area contributed by atoms with Crippen LogP contribution < -0.4 is 9.64 Å². The van der Waals surface area contributed by atoms with E-state index in [0.29, 0.717) is 0 Å². The molecule has 1 fully saturated rings. The van der Waals surface area contributed by atoms with Gasteiger partial charge >= 0.3 is 0 Å². The highest BCUT2D eigenvalue weighted by molar-refractivity contribution is 14.1. The maximum Gasteiger partial charge on any atom is 0.119 e. The summed E-state index contributed by atoms with van der Waals surface area (Å²) < 4.78 is 12.3. The third-order valence-corrected chi connectivity index (χ3v) is 3.93. The molecule has 3 nitrogen and oxygen atoms in total. The molecule has 0 amide bonds. The van der Waals surface area contributed by atoms with Crippen molar-refractivity contribution in [1.29, 1.82) is 0 Å². The molecule has 1 aromatic carbocycles. The lowest BCUT2D eigenvalue weighted by Crippen LogP contribution is -3.14. The van der Waals surface area contributed by atoms with E-state index in [1.807, 2.05) is 12.1 Å². The van der Waals surface area contributed by atoms with Gasteiger partial charge in [0.2, 0.25) is 0 Å². The van der Waals surface area contributed by atoms with Crippen LogP contribution in [0.15, 0.2) is 24.3 Å². The van der Waals surface area contributed by atoms with Crippen molar-refractivity contribution < 1.29 is 14.4 Å². The fraction of sp³-hybridized carbons (Fsp3) is 0.571. The fourth-order valence-electron chi connectivity index (χ4n) is 2.11. The molecular weight excluding hydrogens is 341 g/mol. The molecule has 0 spiro atoms. The Morgan fingerprint density at radius 2 is 1.83 bits per heavy atom. The average Bonchev–Trinajstić information content (AvgIpc) is 2.42. The first kappa shape index (κ1) is 14.1. The van der Waals surface area contributed by atoms with Crippen LogP contribution in [0.4, 0.5) is 0 Å². The number of hydrogen-bond acceptors (Lipinski definition) is 2. The standard InChI is InChI=1S/C14H20INO2/c15-13-3-5-14(6-4-13)18-10-2-1-7-16-8-11-17-12-9-16/h3-6H,1-2,7-12H2/p+1. The molecule has 0 unspecified atom stereocenters. The van der Waals surface area contributed by atoms with E-state index in [0.717, 1.165) is 45.1 Å². The summed E-state index contributed by atoms with van der Waals surface area (Å²) >= 11 is 2.30. The van der Waals surface area contributed by atoms with Gasteiger partial charge in [0.05, 0.1) is 26.4 Å². The SMILES string of the molecule is Ic1ccc(OCCCC[NH+]2CCOCC2)cc1. The van der Waals surface area contributed by atoms with E-state index in [-0.39, 0.29) is 0 Å². The van der Waals surface area contributed by atoms with Crippen LogP contribution in [0.3, 0.4) is 0 Å². The molecule has 0 aliphatic carbocycles. The summed E-state index contributed by atoms with van der Waals surface area (Å²) in [5.74, 6) is 0.981. The van der Waals surface area contributed by atoms with Gasteiger partial charge in [0.1, 0.15) is 18.8 Å². The van der Waals surface area contributed by atoms with E-state index in [4.69, 9.17) is 9.47 Å². The van der Waals surface area contributed by atoms with Gasteiger partial charge in [-0.1, -0.05) is 0 Å². The molecule has 1 aliphatic heterocycles. The largest absolute Gasteiger partial charge is 0.494 e. The first-order valence-electron chi connectivity index (χ1n) is 6.64. The smallest absolute Gasteiger partial charge is 0.119 e. The maximum absolute atomic E-state index is 5.71. The predicted octanol–water partition coefficient (Wildman–Crippen LogP) is 1.37. The van der Waals surface area contributed by atoms with Crippen LogP contribution >= 0.6 is 22.6 Å². The van der Waals surface area contributed by atoms with Gasteiger partial charge in [-0.2, -0.15) is 0 Å². The minimum Gasteiger partial charge on any atom is -0.494 e. The number of halogens is 1. The number of morpholine rings is 1. The van der Waals surface area contributed by atoms with Crippen molar-refractivity contribution in [3.63, 3.8) is 0 Å². The van der Waals surface area contributed by atoms with E-state index in [9.17, 15) is 0 Å². The van der Waals surface area contributed by atoms with Gasteiger partial charge in [-0.3, -0.25) is 0 Å². The lowest BCUT2D eigenvalue weighted by molar-refractivity contribution is -0.908. The zero-order valence-corrected chi connectivity index (χ0v) is 12.8. The van der Waals surface area contributed by atoms with Gasteiger partial charge < -0.3 is 14.4 Å². The molecule has 1 saturated heterocycles. The second-order valence-corrected chi connectivity index (χ2v) is 5.87. The van der Waals surface area contributed by atoms with Crippen molar-refractivity contribution in [3.8, 4) is 5.75 Å². The Morgan fingerprint density at radius 1 is 1.11 bits per heavy atom. The zero-order chi connectivity index (χ0) is 12.6. The Bertz CT molecular complexity index is 336. The van der Waals surface area contributed by atoms with Crippen LogP contribution in [-0.4, -0.2) is 39.5 Å². The first-order chi connectivity index (χ1) is 8.84. The third kappa shape index (κ3) is 5.12. The normalized spacial score (nSPS) is 16.7. The van der Waals surface area contributed by atoms with Crippen molar-refractivity contribution in [3.05, 3.63) is 27.8 Å². The molecule has 1 aliphatic rings. The third-order valence-electron chi connectivity index (χ3n) is 3.21. The van der Waals surface area contributed by atoms with E-state index in [2.05, 4.69) is 34.7 Å². The van der Waals surface area contributed by atoms with Crippen LogP contribution in [0.25, 0.3) is 0 Å². The van der Waals surface area contributed by atoms with Gasteiger partial charge in [0.15, 0.2) is 0 Å². The number of nitrogens with one attached hydrogen (secondary N) is 1. The molecule has 0 aromatic heterocycles. The number of benzene rings is 1. The second kappa shape index (κ2) is 7.96. The first-order valence-corrected chi connectivity index (χ1v) is 7.72. The number of quaternary nitrogens is 1. The average molecular weight is 362 g/mol. The molecule has 0 atom stereocenters. The highest BCUT2D eigenvalue weighted by atomic mass is 127. The summed E-state index contributed by atoms with van der Waals surface area (Å²) in [6.07, 6.45) is 2.37. The van der Waals surface area contributed by atoms with E-state index < -0.39 is 0 Å². The molecule has 100 valence electrons. The number of ether oxygens (including phenoxy) is 2. The zero-order valence-electron chi connectivity index (χ0n) is 10.7. The topological polar surface area (TPSA) is 22.9 Å². The Hall–Kier alpha value is -0.330. The lowest BCUT2D eigenvalue weighted by Gasteiger charge is -2.23. The Balaban J connectivity index is 1.54. The van der Waals surface area contributed by atoms with Crippen molar-refractivity contribution in [2.24, 2.45) is 0 Å². The van der Waals surface area contributed by atoms with E-state index >= 15 is 0 Å². The Morgan fingerprint density at radius 3 is 2.56 bits per heavy atom. The highest BCUT2D eigenvalue weighted by Gasteiger charge is 2.12. The molecule has 1 N–H and O–H groups in total. The van der Waals surface area contributed by atoms with Crippen LogP contribution in [0.2, 0.25) is 0 Å². The van der Waals surface area contributed by atoms with Gasteiger partial charge in [0, 0.05) is 3.57 Å². The van der Waals surface area contributed by atoms with Crippen LogP contribution in [0.1, 0.15) is 12.8 Å². The molecule has 0 bridgehead atoms. The number of unbranched alkanes of at least 4 members (excludes halogenated alkanes) is 1. The summed E-state index contributed by atoms with van der Waals surface area (Å²) in [7, 11) is 0.